The van der Waals surface area contributed by atoms with Crippen LogP contribution in [-0.4, -0.2) is 0 Å². The molecule has 0 aliphatic heterocycles. The summed E-state index contributed by atoms with van der Waals surface area (Å²) in [6.45, 7) is 0. The van der Waals surface area contributed by atoms with Crippen molar-refractivity contribution in [2.24, 2.45) is 0 Å². The lowest BCUT2D eigenvalue weighted by molar-refractivity contribution is 0.506. The predicted octanol–water partition coefficient (Wildman–Crippen LogP) is 4.92. The number of hydrogen-bond donors (Lipinski definition) is 0. The molecule has 0 heterocycles. The Bertz CT molecular complexity index is 578. The molecule has 0 saturated heterocycles. The van der Waals surface area contributed by atoms with Crippen LogP contribution in [0.3, 0.4) is 0 Å². The summed E-state index contributed by atoms with van der Waals surface area (Å²) in [6, 6.07) is 6.96. The van der Waals surface area contributed by atoms with Crippen molar-refractivity contribution in [3.63, 3.8) is 0 Å². The summed E-state index contributed by atoms with van der Waals surface area (Å²) in [6.07, 6.45) is 0.148. The molecule has 0 fully saturated rings. The molecule has 0 aromatic heterocycles. The topological polar surface area (TPSA) is 0 Å². The van der Waals surface area contributed by atoms with Gasteiger partial charge in [-0.3, -0.25) is 0 Å². The monoisotopic (exact) mass is 332 g/mol. The van der Waals surface area contributed by atoms with Crippen LogP contribution in [0.15, 0.2) is 36.4 Å². The van der Waals surface area contributed by atoms with E-state index in [1.807, 2.05) is 0 Å². The van der Waals surface area contributed by atoms with Gasteiger partial charge in [0.05, 0.1) is 0 Å². The predicted molar refractivity (Wildman–Crippen MR) is 68.1 cm³/mol. The Kier molecular flexibility index (Phi) is 4.24. The van der Waals surface area contributed by atoms with E-state index < -0.39 is 28.1 Å². The molecule has 2 rings (SSSR count). The summed E-state index contributed by atoms with van der Waals surface area (Å²) in [7, 11) is 0. The lowest BCUT2D eigenvalue weighted by Gasteiger charge is -2.12. The van der Waals surface area contributed by atoms with E-state index >= 15 is 0 Å². The minimum Gasteiger partial charge on any atom is -0.207 e. The van der Waals surface area contributed by atoms with Crippen LogP contribution >= 0.6 is 15.9 Å². The molecule has 0 aliphatic rings. The second kappa shape index (κ2) is 5.74. The number of alkyl halides is 1. The van der Waals surface area contributed by atoms with Crippen molar-refractivity contribution < 1.29 is 17.6 Å². The zero-order valence-electron chi connectivity index (χ0n) is 9.64. The molecule has 0 aliphatic carbocycles. The van der Waals surface area contributed by atoms with Crippen molar-refractivity contribution in [2.75, 3.05) is 0 Å². The maximum Gasteiger partial charge on any atom is 0.159 e. The molecule has 5 heteroatoms. The molecule has 100 valence electrons. The Hall–Kier alpha value is -1.36. The molecule has 19 heavy (non-hydrogen) atoms. The smallest absolute Gasteiger partial charge is 0.159 e. The van der Waals surface area contributed by atoms with Gasteiger partial charge in [0.15, 0.2) is 11.6 Å². The Morgan fingerprint density at radius 2 is 1.47 bits per heavy atom. The van der Waals surface area contributed by atoms with Gasteiger partial charge in [0.1, 0.15) is 11.6 Å². The first kappa shape index (κ1) is 14.1. The van der Waals surface area contributed by atoms with Gasteiger partial charge in [-0.1, -0.05) is 28.1 Å². The van der Waals surface area contributed by atoms with Gasteiger partial charge < -0.3 is 0 Å². The van der Waals surface area contributed by atoms with Crippen molar-refractivity contribution in [3.8, 4) is 0 Å². The Morgan fingerprint density at radius 3 is 2.05 bits per heavy atom. The van der Waals surface area contributed by atoms with Gasteiger partial charge in [-0.25, -0.2) is 17.6 Å². The van der Waals surface area contributed by atoms with Crippen LogP contribution in [-0.2, 0) is 6.42 Å². The van der Waals surface area contributed by atoms with E-state index in [1.165, 1.54) is 12.1 Å². The van der Waals surface area contributed by atoms with Crippen LogP contribution in [0.4, 0.5) is 17.6 Å². The van der Waals surface area contributed by atoms with Crippen LogP contribution in [0.5, 0.6) is 0 Å². The van der Waals surface area contributed by atoms with Gasteiger partial charge in [-0.05, 0) is 36.2 Å². The molecule has 0 saturated carbocycles. The molecule has 1 atom stereocenters. The Balaban J connectivity index is 2.25. The number of rotatable bonds is 3. The van der Waals surface area contributed by atoms with Crippen molar-refractivity contribution in [1.29, 1.82) is 0 Å². The highest BCUT2D eigenvalue weighted by molar-refractivity contribution is 9.09. The second-order valence-corrected chi connectivity index (χ2v) is 5.16. The Morgan fingerprint density at radius 1 is 0.842 bits per heavy atom. The molecule has 0 radical (unpaired) electrons. The van der Waals surface area contributed by atoms with Crippen LogP contribution in [0, 0.1) is 23.3 Å². The molecule has 0 nitrogen and oxygen atoms in total. The van der Waals surface area contributed by atoms with E-state index in [0.29, 0.717) is 5.56 Å². The molecule has 0 spiro atoms. The summed E-state index contributed by atoms with van der Waals surface area (Å²) in [4.78, 5) is -0.654. The van der Waals surface area contributed by atoms with E-state index in [4.69, 9.17) is 0 Å². The van der Waals surface area contributed by atoms with Crippen LogP contribution in [0.25, 0.3) is 0 Å². The van der Waals surface area contributed by atoms with E-state index in [1.54, 1.807) is 0 Å². The van der Waals surface area contributed by atoms with Crippen molar-refractivity contribution in [3.05, 3.63) is 70.8 Å². The molecule has 0 bridgehead atoms. The molecular weight excluding hydrogens is 324 g/mol. The fraction of sp³-hybridized carbons (Fsp3) is 0.143. The Labute approximate surface area is 116 Å². The second-order valence-electron chi connectivity index (χ2n) is 4.06. The molecule has 0 amide bonds. The standard InChI is InChI=1S/C14H9BrF4/c15-9(14-11(17)2-1-3-12(14)18)6-8-4-5-10(16)13(19)7-8/h1-5,7,9H,6H2. The third-order valence-corrected chi connectivity index (χ3v) is 3.49. The molecule has 2 aromatic carbocycles. The third kappa shape index (κ3) is 3.15. The van der Waals surface area contributed by atoms with Crippen molar-refractivity contribution in [1.82, 2.24) is 0 Å². The van der Waals surface area contributed by atoms with Crippen LogP contribution in [0.1, 0.15) is 16.0 Å². The number of halogens is 5. The summed E-state index contributed by atoms with van der Waals surface area (Å²) >= 11 is 3.17. The summed E-state index contributed by atoms with van der Waals surface area (Å²) < 4.78 is 52.9. The lowest BCUT2D eigenvalue weighted by Crippen LogP contribution is -2.02. The largest absolute Gasteiger partial charge is 0.207 e. The zero-order valence-corrected chi connectivity index (χ0v) is 11.2. The SMILES string of the molecule is Fc1ccc(CC(Br)c2c(F)cccc2F)cc1F. The maximum atomic E-state index is 13.5. The minimum absolute atomic E-state index is 0.118. The van der Waals surface area contributed by atoms with Gasteiger partial charge in [0.2, 0.25) is 0 Å². The molecular formula is C14H9BrF4. The summed E-state index contributed by atoms with van der Waals surface area (Å²) in [5, 5.41) is 0. The highest BCUT2D eigenvalue weighted by Crippen LogP contribution is 2.31. The minimum atomic E-state index is -0.980. The van der Waals surface area contributed by atoms with E-state index in [0.717, 1.165) is 24.3 Å². The average molecular weight is 333 g/mol. The lowest BCUT2D eigenvalue weighted by atomic mass is 10.0. The van der Waals surface area contributed by atoms with Gasteiger partial charge in [-0.2, -0.15) is 0 Å². The van der Waals surface area contributed by atoms with Crippen molar-refractivity contribution in [2.45, 2.75) is 11.2 Å². The fourth-order valence-corrected chi connectivity index (χ4v) is 2.60. The zero-order chi connectivity index (χ0) is 14.0. The van der Waals surface area contributed by atoms with Crippen LogP contribution < -0.4 is 0 Å². The van der Waals surface area contributed by atoms with Gasteiger partial charge >= 0.3 is 0 Å². The third-order valence-electron chi connectivity index (χ3n) is 2.71. The summed E-state index contributed by atoms with van der Waals surface area (Å²) in [5.74, 6) is -3.29. The molecule has 2 aromatic rings. The normalized spacial score (nSPS) is 12.5. The van der Waals surface area contributed by atoms with E-state index in [2.05, 4.69) is 15.9 Å². The highest BCUT2D eigenvalue weighted by Gasteiger charge is 2.18. The highest BCUT2D eigenvalue weighted by atomic mass is 79.9. The van der Waals surface area contributed by atoms with Gasteiger partial charge in [-0.15, -0.1) is 0 Å². The van der Waals surface area contributed by atoms with E-state index in [9.17, 15) is 17.6 Å². The fourth-order valence-electron chi connectivity index (χ4n) is 1.79. The first-order valence-corrected chi connectivity index (χ1v) is 6.42. The average Bonchev–Trinajstić information content (AvgIpc) is 2.33. The number of hydrogen-bond acceptors (Lipinski definition) is 0. The quantitative estimate of drug-likeness (QED) is 0.552. The van der Waals surface area contributed by atoms with E-state index in [-0.39, 0.29) is 12.0 Å². The van der Waals surface area contributed by atoms with Crippen molar-refractivity contribution >= 4 is 15.9 Å². The first-order chi connectivity index (χ1) is 8.99. The van der Waals surface area contributed by atoms with Crippen LogP contribution in [0.2, 0.25) is 0 Å². The van der Waals surface area contributed by atoms with Gasteiger partial charge in [0, 0.05) is 10.4 Å². The summed E-state index contributed by atoms with van der Waals surface area (Å²) in [5.41, 5.74) is 0.329. The first-order valence-electron chi connectivity index (χ1n) is 5.51. The molecule has 0 N–H and O–H groups in total. The maximum absolute atomic E-state index is 13.5. The molecule has 1 unspecified atom stereocenters. The number of benzene rings is 2. The van der Waals surface area contributed by atoms with Gasteiger partial charge in [0.25, 0.3) is 0 Å².